The molecule has 1 aromatic heterocycles. The van der Waals surface area contributed by atoms with E-state index in [2.05, 4.69) is 35.6 Å². The largest absolute Gasteiger partial charge is 0.361 e. The molecule has 96 valence electrons. The lowest BCUT2D eigenvalue weighted by atomic mass is 10.3. The fourth-order valence-corrected chi connectivity index (χ4v) is 2.72. The van der Waals surface area contributed by atoms with Crippen LogP contribution in [0.5, 0.6) is 0 Å². The van der Waals surface area contributed by atoms with E-state index in [0.717, 1.165) is 22.7 Å². The zero-order chi connectivity index (χ0) is 13.1. The smallest absolute Gasteiger partial charge is 0.255 e. The molecule has 0 fully saturated rings. The molecule has 0 bridgehead atoms. The van der Waals surface area contributed by atoms with E-state index in [4.69, 9.17) is 4.74 Å². The summed E-state index contributed by atoms with van der Waals surface area (Å²) in [5.41, 5.74) is 0.745. The summed E-state index contributed by atoms with van der Waals surface area (Å²) >= 11 is 3.38. The van der Waals surface area contributed by atoms with Gasteiger partial charge < -0.3 is 4.74 Å². The number of nitrogens with zero attached hydrogens (tertiary/aromatic N) is 1. The highest BCUT2D eigenvalue weighted by molar-refractivity contribution is 9.10. The monoisotopic (exact) mass is 317 g/mol. The van der Waals surface area contributed by atoms with E-state index in [1.54, 1.807) is 10.8 Å². The van der Waals surface area contributed by atoms with E-state index in [9.17, 15) is 4.79 Å². The van der Waals surface area contributed by atoms with Crippen molar-refractivity contribution in [2.45, 2.75) is 39.3 Å². The van der Waals surface area contributed by atoms with Gasteiger partial charge in [0.25, 0.3) is 5.56 Å². The van der Waals surface area contributed by atoms with Crippen molar-refractivity contribution in [2.24, 2.45) is 0 Å². The third-order valence-electron chi connectivity index (χ3n) is 2.46. The van der Waals surface area contributed by atoms with Gasteiger partial charge in [0.1, 0.15) is 6.73 Å². The van der Waals surface area contributed by atoms with Crippen LogP contribution >= 0.6 is 15.9 Å². The van der Waals surface area contributed by atoms with E-state index < -0.39 is 8.07 Å². The third kappa shape index (κ3) is 5.19. The molecule has 5 heteroatoms. The molecule has 0 aromatic carbocycles. The quantitative estimate of drug-likeness (QED) is 0.616. The van der Waals surface area contributed by atoms with Gasteiger partial charge in [-0.3, -0.25) is 9.36 Å². The third-order valence-corrected chi connectivity index (χ3v) is 4.60. The molecule has 1 aromatic rings. The van der Waals surface area contributed by atoms with Gasteiger partial charge in [-0.2, -0.15) is 0 Å². The molecule has 1 heterocycles. The number of rotatable bonds is 5. The molecule has 0 N–H and O–H groups in total. The van der Waals surface area contributed by atoms with Gasteiger partial charge in [0, 0.05) is 30.9 Å². The minimum absolute atomic E-state index is 0.0150. The average molecular weight is 318 g/mol. The first-order valence-corrected chi connectivity index (χ1v) is 10.2. The van der Waals surface area contributed by atoms with Crippen molar-refractivity contribution in [3.8, 4) is 0 Å². The second kappa shape index (κ2) is 5.98. The van der Waals surface area contributed by atoms with Gasteiger partial charge in [-0.25, -0.2) is 0 Å². The predicted molar refractivity (Wildman–Crippen MR) is 77.2 cm³/mol. The lowest BCUT2D eigenvalue weighted by molar-refractivity contribution is 0.0845. The number of aromatic nitrogens is 1. The molecule has 0 radical (unpaired) electrons. The summed E-state index contributed by atoms with van der Waals surface area (Å²) < 4.78 is 8.07. The highest BCUT2D eigenvalue weighted by Crippen LogP contribution is 2.09. The summed E-state index contributed by atoms with van der Waals surface area (Å²) in [4.78, 5) is 11.8. The van der Waals surface area contributed by atoms with E-state index in [1.807, 2.05) is 13.0 Å². The first kappa shape index (κ1) is 14.7. The van der Waals surface area contributed by atoms with Crippen LogP contribution in [0.2, 0.25) is 25.7 Å². The molecule has 0 unspecified atom stereocenters. The summed E-state index contributed by atoms with van der Waals surface area (Å²) in [6.45, 7) is 9.81. The van der Waals surface area contributed by atoms with Gasteiger partial charge in [0.15, 0.2) is 0 Å². The molecule has 3 nitrogen and oxygen atoms in total. The van der Waals surface area contributed by atoms with Crippen LogP contribution in [-0.4, -0.2) is 19.2 Å². The molecule has 0 saturated carbocycles. The molecule has 0 aliphatic rings. The molecule has 0 aliphatic heterocycles. The van der Waals surface area contributed by atoms with Crippen molar-refractivity contribution in [1.82, 2.24) is 4.57 Å². The van der Waals surface area contributed by atoms with Crippen LogP contribution in [0.25, 0.3) is 0 Å². The molecule has 0 atom stereocenters. The van der Waals surface area contributed by atoms with Crippen molar-refractivity contribution in [1.29, 1.82) is 0 Å². The second-order valence-corrected chi connectivity index (χ2v) is 12.0. The molecule has 0 aliphatic carbocycles. The number of halogens is 1. The lowest BCUT2D eigenvalue weighted by Crippen LogP contribution is -2.25. The van der Waals surface area contributed by atoms with Gasteiger partial charge in [0.05, 0.1) is 0 Å². The van der Waals surface area contributed by atoms with Crippen LogP contribution in [0, 0.1) is 6.92 Å². The summed E-state index contributed by atoms with van der Waals surface area (Å²) in [6.07, 6.45) is 1.77. The molecule has 17 heavy (non-hydrogen) atoms. The maximum Gasteiger partial charge on any atom is 0.255 e. The summed E-state index contributed by atoms with van der Waals surface area (Å²) in [5.74, 6) is 0. The normalized spacial score (nSPS) is 11.8. The minimum atomic E-state index is -1.05. The number of ether oxygens (including phenoxy) is 1. The highest BCUT2D eigenvalue weighted by Gasteiger charge is 2.12. The Morgan fingerprint density at radius 1 is 1.41 bits per heavy atom. The van der Waals surface area contributed by atoms with Gasteiger partial charge in [-0.15, -0.1) is 0 Å². The standard InChI is InChI=1S/C12H20BrNO2Si/c1-10-7-11(13)8-14(12(10)15)9-16-5-6-17(2,3)4/h7-8H,5-6,9H2,1-4H3. The molecule has 0 saturated heterocycles. The number of pyridine rings is 1. The van der Waals surface area contributed by atoms with E-state index in [0.29, 0.717) is 6.73 Å². The SMILES string of the molecule is Cc1cc(Br)cn(COCC[Si](C)(C)C)c1=O. The van der Waals surface area contributed by atoms with Crippen molar-refractivity contribution in [3.05, 3.63) is 32.7 Å². The van der Waals surface area contributed by atoms with Crippen LogP contribution in [0.4, 0.5) is 0 Å². The Kier molecular flexibility index (Phi) is 5.16. The van der Waals surface area contributed by atoms with Crippen LogP contribution in [0.15, 0.2) is 21.5 Å². The molecular weight excluding hydrogens is 298 g/mol. The van der Waals surface area contributed by atoms with E-state index in [-0.39, 0.29) is 5.56 Å². The topological polar surface area (TPSA) is 31.2 Å². The predicted octanol–water partition coefficient (Wildman–Crippen LogP) is 3.23. The molecular formula is C12H20BrNO2Si. The van der Waals surface area contributed by atoms with Gasteiger partial charge in [0.2, 0.25) is 0 Å². The van der Waals surface area contributed by atoms with Crippen LogP contribution in [0.1, 0.15) is 5.56 Å². The van der Waals surface area contributed by atoms with Crippen molar-refractivity contribution in [3.63, 3.8) is 0 Å². The average Bonchev–Trinajstić information content (AvgIpc) is 2.18. The van der Waals surface area contributed by atoms with Crippen LogP contribution in [-0.2, 0) is 11.5 Å². The summed E-state index contributed by atoms with van der Waals surface area (Å²) in [7, 11) is -1.05. The molecule has 1 rings (SSSR count). The Morgan fingerprint density at radius 2 is 2.06 bits per heavy atom. The maximum absolute atomic E-state index is 11.8. The zero-order valence-electron chi connectivity index (χ0n) is 10.9. The number of hydrogen-bond donors (Lipinski definition) is 0. The molecule has 0 spiro atoms. The van der Waals surface area contributed by atoms with E-state index in [1.165, 1.54) is 0 Å². The fourth-order valence-electron chi connectivity index (χ4n) is 1.38. The van der Waals surface area contributed by atoms with E-state index >= 15 is 0 Å². The Morgan fingerprint density at radius 3 is 2.65 bits per heavy atom. The first-order chi connectivity index (χ1) is 7.79. The second-order valence-electron chi connectivity index (χ2n) is 5.46. The highest BCUT2D eigenvalue weighted by atomic mass is 79.9. The fraction of sp³-hybridized carbons (Fsp3) is 0.583. The number of hydrogen-bond acceptors (Lipinski definition) is 2. The Labute approximate surface area is 112 Å². The van der Waals surface area contributed by atoms with Gasteiger partial charge >= 0.3 is 0 Å². The summed E-state index contributed by atoms with van der Waals surface area (Å²) in [5, 5.41) is 0. The summed E-state index contributed by atoms with van der Waals surface area (Å²) in [6, 6.07) is 2.94. The molecule has 0 amide bonds. The number of aryl methyl sites for hydroxylation is 1. The minimum Gasteiger partial charge on any atom is -0.361 e. The lowest BCUT2D eigenvalue weighted by Gasteiger charge is -2.16. The Balaban J connectivity index is 2.56. The Hall–Kier alpha value is -0.393. The van der Waals surface area contributed by atoms with Gasteiger partial charge in [-0.05, 0) is 35.0 Å². The Bertz CT molecular complexity index is 437. The van der Waals surface area contributed by atoms with Crippen molar-refractivity contribution < 1.29 is 4.74 Å². The van der Waals surface area contributed by atoms with Crippen molar-refractivity contribution >= 4 is 24.0 Å². The zero-order valence-corrected chi connectivity index (χ0v) is 13.5. The van der Waals surface area contributed by atoms with Crippen LogP contribution < -0.4 is 5.56 Å². The van der Waals surface area contributed by atoms with Crippen molar-refractivity contribution in [2.75, 3.05) is 6.61 Å². The van der Waals surface area contributed by atoms with Gasteiger partial charge in [-0.1, -0.05) is 19.6 Å². The van der Waals surface area contributed by atoms with Crippen LogP contribution in [0.3, 0.4) is 0 Å². The maximum atomic E-state index is 11.8. The first-order valence-electron chi connectivity index (χ1n) is 5.74.